The summed E-state index contributed by atoms with van der Waals surface area (Å²) < 4.78 is 5.64. The summed E-state index contributed by atoms with van der Waals surface area (Å²) in [6.45, 7) is 5.43. The van der Waals surface area contributed by atoms with Crippen LogP contribution in [0, 0.1) is 5.92 Å². The first-order valence-electron chi connectivity index (χ1n) is 11.0. The van der Waals surface area contributed by atoms with Crippen molar-refractivity contribution in [2.75, 3.05) is 26.7 Å². The fourth-order valence-electron chi connectivity index (χ4n) is 4.20. The number of oxazole rings is 1. The minimum Gasteiger partial charge on any atom is -0.444 e. The zero-order valence-corrected chi connectivity index (χ0v) is 21.8. The van der Waals surface area contributed by atoms with Crippen LogP contribution in [0.25, 0.3) is 11.5 Å². The number of likely N-dealkylation sites (tertiary alicyclic amines) is 1. The van der Waals surface area contributed by atoms with Gasteiger partial charge in [-0.15, -0.1) is 35.3 Å². The summed E-state index contributed by atoms with van der Waals surface area (Å²) in [6, 6.07) is 14.8. The smallest absolute Gasteiger partial charge is 0.226 e. The van der Waals surface area contributed by atoms with E-state index < -0.39 is 0 Å². The minimum atomic E-state index is 0. The number of guanidine groups is 1. The van der Waals surface area contributed by atoms with E-state index >= 15 is 0 Å². The maximum atomic E-state index is 5.64. The van der Waals surface area contributed by atoms with Crippen LogP contribution in [0.1, 0.15) is 36.4 Å². The van der Waals surface area contributed by atoms with Crippen LogP contribution < -0.4 is 10.6 Å². The van der Waals surface area contributed by atoms with Crippen molar-refractivity contribution < 1.29 is 4.42 Å². The lowest BCUT2D eigenvalue weighted by atomic mass is 9.88. The molecular weight excluding hydrogens is 533 g/mol. The van der Waals surface area contributed by atoms with E-state index in [2.05, 4.69) is 52.0 Å². The fourth-order valence-corrected chi connectivity index (χ4v) is 5.19. The number of piperidine rings is 1. The number of halogens is 1. The van der Waals surface area contributed by atoms with Gasteiger partial charge in [-0.3, -0.25) is 4.90 Å². The zero-order valence-electron chi connectivity index (χ0n) is 18.7. The molecule has 0 bridgehead atoms. The maximum Gasteiger partial charge on any atom is 0.226 e. The quantitative estimate of drug-likeness (QED) is 0.236. The summed E-state index contributed by atoms with van der Waals surface area (Å²) in [6.07, 6.45) is 4.15. The Hall–Kier alpha value is -1.91. The van der Waals surface area contributed by atoms with Crippen molar-refractivity contribution in [1.29, 1.82) is 0 Å². The van der Waals surface area contributed by atoms with E-state index in [4.69, 9.17) is 9.41 Å². The van der Waals surface area contributed by atoms with Gasteiger partial charge in [-0.1, -0.05) is 24.3 Å². The number of nitrogens with zero attached hydrogens (tertiary/aromatic N) is 3. The molecule has 2 unspecified atom stereocenters. The van der Waals surface area contributed by atoms with Gasteiger partial charge in [0, 0.05) is 29.6 Å². The number of thiophene rings is 1. The highest BCUT2D eigenvalue weighted by molar-refractivity contribution is 14.0. The van der Waals surface area contributed by atoms with Crippen LogP contribution in [0.2, 0.25) is 0 Å². The average molecular weight is 566 g/mol. The van der Waals surface area contributed by atoms with Crippen molar-refractivity contribution in [3.63, 3.8) is 0 Å². The van der Waals surface area contributed by atoms with Crippen molar-refractivity contribution in [2.45, 2.75) is 32.4 Å². The number of aromatic nitrogens is 1. The summed E-state index contributed by atoms with van der Waals surface area (Å²) >= 11 is 1.86. The third kappa shape index (κ3) is 6.32. The highest BCUT2D eigenvalue weighted by atomic mass is 127. The van der Waals surface area contributed by atoms with E-state index in [1.165, 1.54) is 17.7 Å². The van der Waals surface area contributed by atoms with Crippen LogP contribution in [0.15, 0.2) is 63.5 Å². The van der Waals surface area contributed by atoms with Crippen molar-refractivity contribution in [1.82, 2.24) is 20.5 Å². The summed E-state index contributed by atoms with van der Waals surface area (Å²) in [5, 5.41) is 9.11. The van der Waals surface area contributed by atoms with E-state index in [0.717, 1.165) is 36.9 Å². The molecule has 0 aliphatic carbocycles. The highest BCUT2D eigenvalue weighted by Crippen LogP contribution is 2.36. The van der Waals surface area contributed by atoms with Crippen molar-refractivity contribution >= 4 is 41.3 Å². The number of hydrogen-bond acceptors (Lipinski definition) is 5. The average Bonchev–Trinajstić information content (AvgIpc) is 3.49. The van der Waals surface area contributed by atoms with Crippen LogP contribution in [0.5, 0.6) is 0 Å². The molecule has 0 spiro atoms. The van der Waals surface area contributed by atoms with E-state index in [-0.39, 0.29) is 24.0 Å². The molecule has 1 fully saturated rings. The van der Waals surface area contributed by atoms with E-state index in [1.54, 1.807) is 6.26 Å². The second-order valence-electron chi connectivity index (χ2n) is 7.93. The first kappa shape index (κ1) is 24.7. The van der Waals surface area contributed by atoms with Gasteiger partial charge >= 0.3 is 0 Å². The highest BCUT2D eigenvalue weighted by Gasteiger charge is 2.31. The van der Waals surface area contributed by atoms with Gasteiger partial charge in [0.25, 0.3) is 0 Å². The number of benzene rings is 1. The van der Waals surface area contributed by atoms with Gasteiger partial charge in [0.1, 0.15) is 12.0 Å². The summed E-state index contributed by atoms with van der Waals surface area (Å²) in [7, 11) is 2.24. The Morgan fingerprint density at radius 1 is 1.22 bits per heavy atom. The second-order valence-corrected chi connectivity index (χ2v) is 8.91. The second kappa shape index (κ2) is 12.4. The lowest BCUT2D eigenvalue weighted by Crippen LogP contribution is -2.44. The molecule has 6 nitrogen and oxygen atoms in total. The van der Waals surface area contributed by atoms with E-state index in [1.807, 2.05) is 41.7 Å². The Morgan fingerprint density at radius 2 is 2.06 bits per heavy atom. The molecule has 4 rings (SSSR count). The lowest BCUT2D eigenvalue weighted by Gasteiger charge is -2.39. The summed E-state index contributed by atoms with van der Waals surface area (Å²) in [5.41, 5.74) is 1.80. The van der Waals surface area contributed by atoms with Gasteiger partial charge in [-0.2, -0.15) is 0 Å². The number of aliphatic imine (C=N–C) groups is 1. The molecular formula is C24H32IN5OS. The normalized spacial score (nSPS) is 19.4. The van der Waals surface area contributed by atoms with Crippen molar-refractivity contribution in [3.05, 3.63) is 64.7 Å². The Kier molecular flexibility index (Phi) is 9.55. The molecule has 0 amide bonds. The summed E-state index contributed by atoms with van der Waals surface area (Å²) in [5.74, 6) is 2.01. The molecule has 2 aromatic heterocycles. The van der Waals surface area contributed by atoms with Crippen LogP contribution in [0.3, 0.4) is 0 Å². The van der Waals surface area contributed by atoms with Crippen molar-refractivity contribution in [2.24, 2.45) is 10.9 Å². The number of nitrogens with one attached hydrogen (secondary N) is 2. The fraction of sp³-hybridized carbons (Fsp3) is 0.417. The Labute approximate surface area is 211 Å². The van der Waals surface area contributed by atoms with E-state index in [0.29, 0.717) is 24.4 Å². The van der Waals surface area contributed by atoms with E-state index in [9.17, 15) is 0 Å². The Bertz CT molecular complexity index is 960. The molecule has 2 atom stereocenters. The molecule has 0 saturated carbocycles. The van der Waals surface area contributed by atoms with Crippen LogP contribution in [-0.4, -0.2) is 42.5 Å². The van der Waals surface area contributed by atoms with Crippen molar-refractivity contribution in [3.8, 4) is 11.5 Å². The zero-order chi connectivity index (χ0) is 21.5. The van der Waals surface area contributed by atoms with Crippen LogP contribution in [0.4, 0.5) is 0 Å². The first-order valence-corrected chi connectivity index (χ1v) is 11.9. The lowest BCUT2D eigenvalue weighted by molar-refractivity contribution is 0.125. The maximum absolute atomic E-state index is 5.64. The van der Waals surface area contributed by atoms with Gasteiger partial charge in [-0.05, 0) is 62.9 Å². The predicted molar refractivity (Wildman–Crippen MR) is 143 cm³/mol. The Balaban J connectivity index is 0.00000289. The molecule has 172 valence electrons. The van der Waals surface area contributed by atoms with Gasteiger partial charge in [-0.25, -0.2) is 9.98 Å². The molecule has 1 aliphatic rings. The summed E-state index contributed by atoms with van der Waals surface area (Å²) in [4.78, 5) is 13.3. The molecule has 2 N–H and O–H groups in total. The van der Waals surface area contributed by atoms with Crippen LogP contribution >= 0.6 is 35.3 Å². The van der Waals surface area contributed by atoms with Gasteiger partial charge in [0.05, 0.1) is 6.54 Å². The first-order chi connectivity index (χ1) is 15.2. The molecule has 1 aliphatic heterocycles. The van der Waals surface area contributed by atoms with Gasteiger partial charge < -0.3 is 15.1 Å². The SMILES string of the molecule is CCNC(=NCc1coc(-c2ccccc2)n1)NCC1CCCN(C)C1c1cccs1.I. The topological polar surface area (TPSA) is 65.7 Å². The third-order valence-electron chi connectivity index (χ3n) is 5.69. The predicted octanol–water partition coefficient (Wildman–Crippen LogP) is 5.16. The molecule has 1 aromatic carbocycles. The molecule has 1 saturated heterocycles. The standard InChI is InChI=1S/C24H31N5OS.HI/c1-3-25-24(27-16-20-17-30-23(28-20)18-9-5-4-6-10-18)26-15-19-11-7-13-29(2)22(19)21-12-8-14-31-21;/h4-6,8-10,12,14,17,19,22H,3,7,11,13,15-16H2,1-2H3,(H2,25,26,27);1H. The monoisotopic (exact) mass is 565 g/mol. The van der Waals surface area contributed by atoms with Gasteiger partial charge in [0.15, 0.2) is 5.96 Å². The molecule has 3 aromatic rings. The third-order valence-corrected chi connectivity index (χ3v) is 6.63. The number of hydrogen-bond donors (Lipinski definition) is 2. The van der Waals surface area contributed by atoms with Gasteiger partial charge in [0.2, 0.25) is 5.89 Å². The van der Waals surface area contributed by atoms with Crippen LogP contribution in [-0.2, 0) is 6.54 Å². The molecule has 8 heteroatoms. The molecule has 0 radical (unpaired) electrons. The minimum absolute atomic E-state index is 0. The molecule has 3 heterocycles. The Morgan fingerprint density at radius 3 is 2.81 bits per heavy atom. The largest absolute Gasteiger partial charge is 0.444 e. The number of rotatable bonds is 7. The molecule has 32 heavy (non-hydrogen) atoms.